The summed E-state index contributed by atoms with van der Waals surface area (Å²) >= 11 is 1.32. The number of hydrogen-bond acceptors (Lipinski definition) is 4. The Bertz CT molecular complexity index is 514. The van der Waals surface area contributed by atoms with E-state index in [1.165, 1.54) is 11.3 Å². The fraction of sp³-hybridized carbons (Fsp3) is 0.562. The van der Waals surface area contributed by atoms with E-state index in [-0.39, 0.29) is 11.9 Å². The maximum Gasteiger partial charge on any atom is 0.280 e. The Balaban J connectivity index is 2.91. The normalized spacial score (nSPS) is 11.3. The zero-order valence-electron chi connectivity index (χ0n) is 13.4. The second-order valence-corrected chi connectivity index (χ2v) is 6.07. The van der Waals surface area contributed by atoms with E-state index in [0.29, 0.717) is 10.7 Å². The van der Waals surface area contributed by atoms with Gasteiger partial charge in [0.1, 0.15) is 10.7 Å². The highest BCUT2D eigenvalue weighted by Crippen LogP contribution is 2.31. The summed E-state index contributed by atoms with van der Waals surface area (Å²) in [6.07, 6.45) is 5.82. The maximum absolute atomic E-state index is 12.4. The van der Waals surface area contributed by atoms with Crippen molar-refractivity contribution in [3.63, 3.8) is 0 Å². The molecule has 0 aliphatic heterocycles. The number of aliphatic imine (C=N–C) groups is 1. The fourth-order valence-corrected chi connectivity index (χ4v) is 3.07. The molecule has 5 heteroatoms. The van der Waals surface area contributed by atoms with Crippen molar-refractivity contribution in [2.75, 3.05) is 0 Å². The summed E-state index contributed by atoms with van der Waals surface area (Å²) < 4.78 is 0. The Morgan fingerprint density at radius 1 is 1.43 bits per heavy atom. The van der Waals surface area contributed by atoms with Crippen LogP contribution in [0.25, 0.3) is 5.57 Å². The Morgan fingerprint density at radius 3 is 2.52 bits per heavy atom. The highest BCUT2D eigenvalue weighted by molar-refractivity contribution is 7.17. The summed E-state index contributed by atoms with van der Waals surface area (Å²) in [5.41, 5.74) is 1.54. The molecule has 0 aliphatic rings. The Morgan fingerprint density at radius 2 is 2.05 bits per heavy atom. The van der Waals surface area contributed by atoms with Gasteiger partial charge in [0, 0.05) is 12.3 Å². The third-order valence-corrected chi connectivity index (χ3v) is 4.03. The number of hydrogen-bond donors (Lipinski definition) is 1. The lowest BCUT2D eigenvalue weighted by atomic mass is 10.1. The van der Waals surface area contributed by atoms with Gasteiger partial charge in [-0.25, -0.2) is 9.98 Å². The van der Waals surface area contributed by atoms with Crippen LogP contribution in [-0.2, 0) is 0 Å². The molecule has 0 bridgehead atoms. The Labute approximate surface area is 131 Å². The van der Waals surface area contributed by atoms with Gasteiger partial charge >= 0.3 is 0 Å². The molecular formula is C16H25N3OS. The first-order valence-electron chi connectivity index (χ1n) is 7.49. The summed E-state index contributed by atoms with van der Waals surface area (Å²) in [6.45, 7) is 11.9. The topological polar surface area (TPSA) is 54.4 Å². The summed E-state index contributed by atoms with van der Waals surface area (Å²) in [5, 5.41) is 4.30. The van der Waals surface area contributed by atoms with Crippen LogP contribution in [0, 0.1) is 0 Å². The van der Waals surface area contributed by atoms with Crippen molar-refractivity contribution >= 4 is 34.0 Å². The molecule has 0 spiro atoms. The smallest absolute Gasteiger partial charge is 0.280 e. The third kappa shape index (κ3) is 5.08. The zero-order chi connectivity index (χ0) is 15.8. The third-order valence-electron chi connectivity index (χ3n) is 3.06. The lowest BCUT2D eigenvalue weighted by Gasteiger charge is -2.16. The average Bonchev–Trinajstić information content (AvgIpc) is 2.84. The van der Waals surface area contributed by atoms with Gasteiger partial charge in [0.15, 0.2) is 5.01 Å². The van der Waals surface area contributed by atoms with E-state index in [9.17, 15) is 4.79 Å². The number of carbonyl (C=O) groups excluding carboxylic acids is 1. The summed E-state index contributed by atoms with van der Waals surface area (Å²) in [7, 11) is 0. The number of nitrogens with zero attached hydrogens (tertiary/aromatic N) is 2. The molecular weight excluding hydrogens is 282 g/mol. The monoisotopic (exact) mass is 307 g/mol. The molecule has 0 aliphatic carbocycles. The van der Waals surface area contributed by atoms with E-state index in [1.54, 1.807) is 6.21 Å². The number of aromatic nitrogens is 1. The Kier molecular flexibility index (Phi) is 7.29. The molecule has 4 nitrogen and oxygen atoms in total. The first-order valence-corrected chi connectivity index (χ1v) is 8.31. The van der Waals surface area contributed by atoms with Gasteiger partial charge in [0.2, 0.25) is 0 Å². The molecule has 1 rings (SSSR count). The van der Waals surface area contributed by atoms with Crippen LogP contribution in [0.2, 0.25) is 0 Å². The predicted octanol–water partition coefficient (Wildman–Crippen LogP) is 4.60. The second kappa shape index (κ2) is 8.72. The summed E-state index contributed by atoms with van der Waals surface area (Å²) in [4.78, 5) is 21.0. The molecule has 0 saturated heterocycles. The molecule has 1 aromatic heterocycles. The molecule has 0 fully saturated rings. The van der Waals surface area contributed by atoms with E-state index >= 15 is 0 Å². The lowest BCUT2D eigenvalue weighted by molar-refractivity contribution is 0.0932. The van der Waals surface area contributed by atoms with E-state index in [2.05, 4.69) is 35.7 Å². The van der Waals surface area contributed by atoms with Gasteiger partial charge in [-0.2, -0.15) is 0 Å². The van der Waals surface area contributed by atoms with Crippen LogP contribution in [0.1, 0.15) is 68.9 Å². The molecule has 0 saturated carbocycles. The molecule has 21 heavy (non-hydrogen) atoms. The SMILES string of the molecule is C=C(C)c1nc(C(=O)NC(CCC)CCC)sc1/N=C\C. The highest BCUT2D eigenvalue weighted by atomic mass is 32.1. The molecule has 0 atom stereocenters. The number of carbonyl (C=O) groups is 1. The van der Waals surface area contributed by atoms with Gasteiger partial charge in [-0.15, -0.1) is 0 Å². The van der Waals surface area contributed by atoms with Crippen LogP contribution in [0.15, 0.2) is 11.6 Å². The number of allylic oxidation sites excluding steroid dienone is 1. The predicted molar refractivity (Wildman–Crippen MR) is 91.7 cm³/mol. The van der Waals surface area contributed by atoms with Crippen LogP contribution in [0.4, 0.5) is 5.00 Å². The Hall–Kier alpha value is -1.49. The van der Waals surface area contributed by atoms with Crippen LogP contribution in [0.5, 0.6) is 0 Å². The average molecular weight is 307 g/mol. The van der Waals surface area contributed by atoms with Crippen molar-refractivity contribution in [2.24, 2.45) is 4.99 Å². The minimum absolute atomic E-state index is 0.105. The largest absolute Gasteiger partial charge is 0.347 e. The van der Waals surface area contributed by atoms with Gasteiger partial charge in [0.25, 0.3) is 5.91 Å². The van der Waals surface area contributed by atoms with Crippen molar-refractivity contribution in [3.8, 4) is 0 Å². The molecule has 0 unspecified atom stereocenters. The van der Waals surface area contributed by atoms with E-state index < -0.39 is 0 Å². The summed E-state index contributed by atoms with van der Waals surface area (Å²) in [6, 6.07) is 0.225. The second-order valence-electron chi connectivity index (χ2n) is 5.09. The minimum atomic E-state index is -0.105. The molecule has 0 radical (unpaired) electrons. The first-order chi connectivity index (χ1) is 10.0. The van der Waals surface area contributed by atoms with Crippen LogP contribution >= 0.6 is 11.3 Å². The standard InChI is InChI=1S/C16H25N3OS/c1-6-9-12(10-7-2)18-14(20)16-19-13(11(4)5)15(21-16)17-8-3/h8,12H,4,6-7,9-10H2,1-3,5H3,(H,18,20)/b17-8-. The lowest BCUT2D eigenvalue weighted by Crippen LogP contribution is -2.34. The summed E-state index contributed by atoms with van der Waals surface area (Å²) in [5.74, 6) is -0.105. The van der Waals surface area contributed by atoms with Gasteiger partial charge in [-0.05, 0) is 32.3 Å². The van der Waals surface area contributed by atoms with E-state index in [0.717, 1.165) is 36.3 Å². The maximum atomic E-state index is 12.4. The van der Waals surface area contributed by atoms with E-state index in [4.69, 9.17) is 0 Å². The van der Waals surface area contributed by atoms with Crippen molar-refractivity contribution in [1.82, 2.24) is 10.3 Å². The fourth-order valence-electron chi connectivity index (χ4n) is 2.12. The minimum Gasteiger partial charge on any atom is -0.347 e. The van der Waals surface area contributed by atoms with Gasteiger partial charge < -0.3 is 5.32 Å². The molecule has 1 heterocycles. The van der Waals surface area contributed by atoms with Crippen molar-refractivity contribution in [1.29, 1.82) is 0 Å². The van der Waals surface area contributed by atoms with Crippen LogP contribution in [0.3, 0.4) is 0 Å². The first kappa shape index (κ1) is 17.6. The van der Waals surface area contributed by atoms with Gasteiger partial charge in [-0.1, -0.05) is 44.6 Å². The van der Waals surface area contributed by atoms with Crippen molar-refractivity contribution in [3.05, 3.63) is 17.3 Å². The van der Waals surface area contributed by atoms with Crippen LogP contribution < -0.4 is 5.32 Å². The quantitative estimate of drug-likeness (QED) is 0.714. The van der Waals surface area contributed by atoms with Gasteiger partial charge in [0.05, 0.1) is 0 Å². The number of thiazole rings is 1. The molecule has 1 N–H and O–H groups in total. The van der Waals surface area contributed by atoms with E-state index in [1.807, 2.05) is 13.8 Å². The van der Waals surface area contributed by atoms with Crippen molar-refractivity contribution in [2.45, 2.75) is 59.4 Å². The molecule has 0 aromatic carbocycles. The number of amides is 1. The number of rotatable bonds is 8. The zero-order valence-corrected chi connectivity index (χ0v) is 14.2. The molecule has 1 aromatic rings. The van der Waals surface area contributed by atoms with Gasteiger partial charge in [-0.3, -0.25) is 4.79 Å². The molecule has 1 amide bonds. The van der Waals surface area contributed by atoms with Crippen molar-refractivity contribution < 1.29 is 4.79 Å². The van der Waals surface area contributed by atoms with Crippen LogP contribution in [-0.4, -0.2) is 23.1 Å². The molecule has 116 valence electrons. The highest BCUT2D eigenvalue weighted by Gasteiger charge is 2.19. The number of nitrogens with one attached hydrogen (secondary N) is 1.